The van der Waals surface area contributed by atoms with Crippen molar-refractivity contribution in [1.82, 2.24) is 0 Å². The second-order valence-electron chi connectivity index (χ2n) is 5.64. The Kier molecular flexibility index (Phi) is 6.35. The van der Waals surface area contributed by atoms with E-state index in [9.17, 15) is 5.11 Å². The molecular weight excluding hydrogens is 352 g/mol. The molecule has 1 N–H and O–H groups in total. The lowest BCUT2D eigenvalue weighted by Crippen LogP contribution is -1.97. The minimum absolute atomic E-state index is 0.556. The number of aliphatic hydroxyl groups excluding tert-OH is 1. The highest BCUT2D eigenvalue weighted by Gasteiger charge is 2.09. The summed E-state index contributed by atoms with van der Waals surface area (Å²) >= 11 is 6.09. The maximum Gasteiger partial charge on any atom is 0.142 e. The van der Waals surface area contributed by atoms with E-state index in [-0.39, 0.29) is 0 Å². The standard InChI is InChI=1S/C25H15ClO/c26-23-17-18-24(22(19-23)16-15-21-11-5-2-6-12-21)25(27)14-8-7-13-20-9-3-1-4-10-20/h1-6,9-12,17-19,25,27H. The molecule has 0 radical (unpaired) electrons. The zero-order valence-electron chi connectivity index (χ0n) is 14.4. The number of rotatable bonds is 1. The number of hydrogen-bond donors (Lipinski definition) is 1. The van der Waals surface area contributed by atoms with Crippen molar-refractivity contribution < 1.29 is 5.11 Å². The number of hydrogen-bond acceptors (Lipinski definition) is 1. The van der Waals surface area contributed by atoms with Crippen LogP contribution in [0.3, 0.4) is 0 Å². The first kappa shape index (κ1) is 18.4. The Morgan fingerprint density at radius 3 is 2.00 bits per heavy atom. The Morgan fingerprint density at radius 1 is 0.704 bits per heavy atom. The van der Waals surface area contributed by atoms with Crippen molar-refractivity contribution in [2.24, 2.45) is 0 Å². The van der Waals surface area contributed by atoms with Gasteiger partial charge in [-0.2, -0.15) is 0 Å². The summed E-state index contributed by atoms with van der Waals surface area (Å²) in [5.41, 5.74) is 3.01. The highest BCUT2D eigenvalue weighted by Crippen LogP contribution is 2.21. The lowest BCUT2D eigenvalue weighted by Gasteiger charge is -2.07. The monoisotopic (exact) mass is 366 g/mol. The first-order chi connectivity index (χ1) is 13.2. The van der Waals surface area contributed by atoms with Crippen LogP contribution in [0.15, 0.2) is 78.9 Å². The second kappa shape index (κ2) is 9.33. The van der Waals surface area contributed by atoms with Gasteiger partial charge in [-0.3, -0.25) is 0 Å². The van der Waals surface area contributed by atoms with E-state index in [0.29, 0.717) is 16.1 Å². The van der Waals surface area contributed by atoms with Gasteiger partial charge in [0.05, 0.1) is 0 Å². The van der Waals surface area contributed by atoms with Gasteiger partial charge in [0.1, 0.15) is 6.10 Å². The van der Waals surface area contributed by atoms with Gasteiger partial charge in [0.15, 0.2) is 0 Å². The zero-order valence-corrected chi connectivity index (χ0v) is 15.2. The average Bonchev–Trinajstić information content (AvgIpc) is 2.71. The van der Waals surface area contributed by atoms with Crippen LogP contribution in [0.5, 0.6) is 0 Å². The van der Waals surface area contributed by atoms with Crippen LogP contribution in [-0.4, -0.2) is 5.11 Å². The van der Waals surface area contributed by atoms with Gasteiger partial charge in [-0.1, -0.05) is 77.7 Å². The van der Waals surface area contributed by atoms with Crippen LogP contribution in [0.1, 0.15) is 28.4 Å². The Hall–Kier alpha value is -3.41. The summed E-state index contributed by atoms with van der Waals surface area (Å²) in [4.78, 5) is 0. The molecule has 3 aromatic rings. The molecule has 128 valence electrons. The quantitative estimate of drug-likeness (QED) is 0.612. The average molecular weight is 367 g/mol. The number of benzene rings is 3. The maximum absolute atomic E-state index is 10.4. The van der Waals surface area contributed by atoms with Crippen LogP contribution in [0, 0.1) is 35.5 Å². The van der Waals surface area contributed by atoms with Crippen molar-refractivity contribution in [2.75, 3.05) is 0 Å². The van der Waals surface area contributed by atoms with E-state index in [1.807, 2.05) is 60.7 Å². The van der Waals surface area contributed by atoms with E-state index >= 15 is 0 Å². The molecule has 3 rings (SSSR count). The molecule has 27 heavy (non-hydrogen) atoms. The van der Waals surface area contributed by atoms with Crippen LogP contribution in [-0.2, 0) is 0 Å². The van der Waals surface area contributed by atoms with E-state index in [1.54, 1.807) is 18.2 Å². The minimum Gasteiger partial charge on any atom is -0.376 e. The van der Waals surface area contributed by atoms with Crippen LogP contribution in [0.2, 0.25) is 5.02 Å². The van der Waals surface area contributed by atoms with Gasteiger partial charge < -0.3 is 5.11 Å². The van der Waals surface area contributed by atoms with Gasteiger partial charge in [-0.25, -0.2) is 0 Å². The summed E-state index contributed by atoms with van der Waals surface area (Å²) in [6, 6.07) is 24.4. The van der Waals surface area contributed by atoms with Crippen molar-refractivity contribution in [3.05, 3.63) is 106 Å². The Morgan fingerprint density at radius 2 is 1.33 bits per heavy atom. The Labute approximate surface area is 164 Å². The fourth-order valence-corrected chi connectivity index (χ4v) is 2.52. The van der Waals surface area contributed by atoms with E-state index in [4.69, 9.17) is 11.6 Å². The van der Waals surface area contributed by atoms with Crippen LogP contribution < -0.4 is 0 Å². The summed E-state index contributed by atoms with van der Waals surface area (Å²) in [6.07, 6.45) is -0.993. The number of halogens is 1. The molecule has 0 bridgehead atoms. The molecule has 0 spiro atoms. The van der Waals surface area contributed by atoms with E-state index in [1.165, 1.54) is 0 Å². The first-order valence-corrected chi connectivity index (χ1v) is 8.71. The summed E-state index contributed by atoms with van der Waals surface area (Å²) in [6.45, 7) is 0. The molecule has 0 aliphatic carbocycles. The highest BCUT2D eigenvalue weighted by atomic mass is 35.5. The molecular formula is C25H15ClO. The third-order valence-electron chi connectivity index (χ3n) is 3.68. The van der Waals surface area contributed by atoms with E-state index in [2.05, 4.69) is 35.5 Å². The van der Waals surface area contributed by atoms with Crippen LogP contribution in [0.25, 0.3) is 0 Å². The third kappa shape index (κ3) is 5.54. The predicted molar refractivity (Wildman–Crippen MR) is 110 cm³/mol. The summed E-state index contributed by atoms with van der Waals surface area (Å²) in [5.74, 6) is 17.3. The smallest absolute Gasteiger partial charge is 0.142 e. The van der Waals surface area contributed by atoms with Gasteiger partial charge in [-0.05, 0) is 48.2 Å². The molecule has 0 saturated heterocycles. The fraction of sp³-hybridized carbons (Fsp3) is 0.0400. The van der Waals surface area contributed by atoms with Gasteiger partial charge >= 0.3 is 0 Å². The normalized spacial score (nSPS) is 10.3. The molecule has 0 aromatic heterocycles. The van der Waals surface area contributed by atoms with Gasteiger partial charge in [0.2, 0.25) is 0 Å². The van der Waals surface area contributed by atoms with Crippen molar-refractivity contribution in [2.45, 2.75) is 6.10 Å². The summed E-state index contributed by atoms with van der Waals surface area (Å²) in [7, 11) is 0. The van der Waals surface area contributed by atoms with Gasteiger partial charge in [-0.15, -0.1) is 0 Å². The molecule has 2 heteroatoms. The van der Waals surface area contributed by atoms with Crippen molar-refractivity contribution in [3.8, 4) is 35.5 Å². The first-order valence-electron chi connectivity index (χ1n) is 8.33. The highest BCUT2D eigenvalue weighted by molar-refractivity contribution is 6.30. The molecule has 1 atom stereocenters. The van der Waals surface area contributed by atoms with E-state index < -0.39 is 6.10 Å². The fourth-order valence-electron chi connectivity index (χ4n) is 2.34. The lowest BCUT2D eigenvalue weighted by atomic mass is 10.0. The summed E-state index contributed by atoms with van der Waals surface area (Å²) in [5, 5.41) is 11.0. The van der Waals surface area contributed by atoms with Crippen molar-refractivity contribution >= 4 is 11.6 Å². The second-order valence-corrected chi connectivity index (χ2v) is 6.07. The largest absolute Gasteiger partial charge is 0.376 e. The van der Waals surface area contributed by atoms with Gasteiger partial charge in [0.25, 0.3) is 0 Å². The Bertz CT molecular complexity index is 1100. The van der Waals surface area contributed by atoms with Crippen molar-refractivity contribution in [1.29, 1.82) is 0 Å². The summed E-state index contributed by atoms with van der Waals surface area (Å²) < 4.78 is 0. The third-order valence-corrected chi connectivity index (χ3v) is 3.91. The van der Waals surface area contributed by atoms with Crippen LogP contribution in [0.4, 0.5) is 0 Å². The van der Waals surface area contributed by atoms with Gasteiger partial charge in [0, 0.05) is 27.3 Å². The molecule has 0 amide bonds. The molecule has 0 fully saturated rings. The number of aliphatic hydroxyl groups is 1. The SMILES string of the molecule is OC(C#CC#Cc1ccccc1)c1ccc(Cl)cc1C#Cc1ccccc1. The predicted octanol–water partition coefficient (Wildman–Crippen LogP) is 4.83. The molecule has 0 aliphatic heterocycles. The molecule has 1 unspecified atom stereocenters. The lowest BCUT2D eigenvalue weighted by molar-refractivity contribution is 0.238. The molecule has 0 saturated carbocycles. The zero-order chi connectivity index (χ0) is 18.9. The molecule has 3 aromatic carbocycles. The van der Waals surface area contributed by atoms with E-state index in [0.717, 1.165) is 11.1 Å². The minimum atomic E-state index is -0.993. The topological polar surface area (TPSA) is 20.2 Å². The molecule has 0 heterocycles. The Balaban J connectivity index is 1.84. The maximum atomic E-state index is 10.4. The molecule has 0 aliphatic rings. The van der Waals surface area contributed by atoms with Crippen molar-refractivity contribution in [3.63, 3.8) is 0 Å². The molecule has 1 nitrogen and oxygen atoms in total. The van der Waals surface area contributed by atoms with Crippen LogP contribution >= 0.6 is 11.6 Å².